The Morgan fingerprint density at radius 1 is 1.29 bits per heavy atom. The van der Waals surface area contributed by atoms with Crippen molar-refractivity contribution in [3.05, 3.63) is 59.1 Å². The van der Waals surface area contributed by atoms with Gasteiger partial charge in [-0.3, -0.25) is 0 Å². The number of aryl methyl sites for hydroxylation is 2. The van der Waals surface area contributed by atoms with Crippen LogP contribution in [0.1, 0.15) is 40.6 Å². The van der Waals surface area contributed by atoms with Crippen LogP contribution in [-0.2, 0) is 4.74 Å². The molecule has 1 aromatic carbocycles. The van der Waals surface area contributed by atoms with Crippen LogP contribution in [0.3, 0.4) is 0 Å². The van der Waals surface area contributed by atoms with Crippen molar-refractivity contribution in [3.8, 4) is 11.4 Å². The van der Waals surface area contributed by atoms with E-state index in [-0.39, 0.29) is 17.5 Å². The van der Waals surface area contributed by atoms with E-state index in [2.05, 4.69) is 10.1 Å². The number of carbonyl (C=O) groups is 1. The standard InChI is InChI=1S/C17H15FN2O4/c1-9-4-5-12(8-14(9)18)15-19-16(24-20-15)11(3)23-17(21)13-6-7-22-10(13)2/h4-8,11H,1-3H3. The molecule has 3 rings (SSSR count). The maximum atomic E-state index is 13.6. The summed E-state index contributed by atoms with van der Waals surface area (Å²) in [6, 6.07) is 6.18. The van der Waals surface area contributed by atoms with Crippen LogP contribution in [0.4, 0.5) is 4.39 Å². The molecule has 7 heteroatoms. The number of hydrogen-bond donors (Lipinski definition) is 0. The first-order valence-corrected chi connectivity index (χ1v) is 7.31. The fourth-order valence-electron chi connectivity index (χ4n) is 2.12. The number of ether oxygens (including phenoxy) is 1. The average Bonchev–Trinajstić information content (AvgIpc) is 3.19. The number of furan rings is 1. The Hall–Kier alpha value is -2.96. The summed E-state index contributed by atoms with van der Waals surface area (Å²) >= 11 is 0. The molecule has 124 valence electrons. The molecule has 0 N–H and O–H groups in total. The Kier molecular flexibility index (Phi) is 4.16. The number of aromatic nitrogens is 2. The second kappa shape index (κ2) is 6.27. The number of benzene rings is 1. The van der Waals surface area contributed by atoms with Gasteiger partial charge in [0.05, 0.1) is 6.26 Å². The average molecular weight is 330 g/mol. The fourth-order valence-corrected chi connectivity index (χ4v) is 2.12. The van der Waals surface area contributed by atoms with Gasteiger partial charge in [0.1, 0.15) is 17.1 Å². The number of halogens is 1. The molecule has 2 heterocycles. The fraction of sp³-hybridized carbons (Fsp3) is 0.235. The van der Waals surface area contributed by atoms with Crippen molar-refractivity contribution in [3.63, 3.8) is 0 Å². The minimum atomic E-state index is -0.747. The van der Waals surface area contributed by atoms with Crippen molar-refractivity contribution in [2.45, 2.75) is 26.9 Å². The SMILES string of the molecule is Cc1ccc(-c2noc(C(C)OC(=O)c3ccoc3C)n2)cc1F. The van der Waals surface area contributed by atoms with Crippen LogP contribution in [0.2, 0.25) is 0 Å². The molecule has 0 saturated heterocycles. The van der Waals surface area contributed by atoms with Gasteiger partial charge in [0.25, 0.3) is 5.89 Å². The van der Waals surface area contributed by atoms with Crippen molar-refractivity contribution in [1.29, 1.82) is 0 Å². The van der Waals surface area contributed by atoms with Crippen LogP contribution < -0.4 is 0 Å². The molecule has 2 aromatic heterocycles. The summed E-state index contributed by atoms with van der Waals surface area (Å²) < 4.78 is 29.1. The molecule has 0 spiro atoms. The highest BCUT2D eigenvalue weighted by Crippen LogP contribution is 2.23. The molecule has 24 heavy (non-hydrogen) atoms. The predicted molar refractivity (Wildman–Crippen MR) is 81.7 cm³/mol. The van der Waals surface area contributed by atoms with Crippen molar-refractivity contribution in [1.82, 2.24) is 10.1 Å². The lowest BCUT2D eigenvalue weighted by Crippen LogP contribution is -2.09. The zero-order chi connectivity index (χ0) is 17.3. The van der Waals surface area contributed by atoms with E-state index in [1.54, 1.807) is 32.9 Å². The normalized spacial score (nSPS) is 12.2. The molecule has 0 saturated carbocycles. The first-order valence-electron chi connectivity index (χ1n) is 7.31. The monoisotopic (exact) mass is 330 g/mol. The van der Waals surface area contributed by atoms with Gasteiger partial charge in [-0.25, -0.2) is 9.18 Å². The zero-order valence-corrected chi connectivity index (χ0v) is 13.4. The second-order valence-electron chi connectivity index (χ2n) is 5.36. The summed E-state index contributed by atoms with van der Waals surface area (Å²) in [5.41, 5.74) is 1.35. The Labute approximate surface area is 137 Å². The Bertz CT molecular complexity index is 884. The Morgan fingerprint density at radius 2 is 2.08 bits per heavy atom. The molecule has 3 aromatic rings. The van der Waals surface area contributed by atoms with E-state index in [1.807, 2.05) is 0 Å². The lowest BCUT2D eigenvalue weighted by atomic mass is 10.1. The van der Waals surface area contributed by atoms with Gasteiger partial charge in [-0.15, -0.1) is 0 Å². The van der Waals surface area contributed by atoms with E-state index in [0.717, 1.165) is 0 Å². The quantitative estimate of drug-likeness (QED) is 0.673. The number of nitrogens with zero attached hydrogens (tertiary/aromatic N) is 2. The van der Waals surface area contributed by atoms with E-state index in [0.29, 0.717) is 22.5 Å². The zero-order valence-electron chi connectivity index (χ0n) is 13.4. The molecule has 0 bridgehead atoms. The van der Waals surface area contributed by atoms with E-state index < -0.39 is 12.1 Å². The molecule has 6 nitrogen and oxygen atoms in total. The molecule has 1 unspecified atom stereocenters. The number of carbonyl (C=O) groups excluding carboxylic acids is 1. The number of hydrogen-bond acceptors (Lipinski definition) is 6. The van der Waals surface area contributed by atoms with Crippen LogP contribution in [0.15, 0.2) is 39.5 Å². The summed E-state index contributed by atoms with van der Waals surface area (Å²) in [6.07, 6.45) is 0.663. The topological polar surface area (TPSA) is 78.4 Å². The third-order valence-corrected chi connectivity index (χ3v) is 3.58. The van der Waals surface area contributed by atoms with Gasteiger partial charge >= 0.3 is 5.97 Å². The molecule has 0 aliphatic carbocycles. The van der Waals surface area contributed by atoms with E-state index in [1.165, 1.54) is 18.4 Å². The first-order chi connectivity index (χ1) is 11.5. The van der Waals surface area contributed by atoms with Crippen LogP contribution >= 0.6 is 0 Å². The summed E-state index contributed by atoms with van der Waals surface area (Å²) in [5.74, 6) is -0.0797. The van der Waals surface area contributed by atoms with Crippen LogP contribution in [0.25, 0.3) is 11.4 Å². The molecule has 1 atom stereocenters. The summed E-state index contributed by atoms with van der Waals surface area (Å²) in [5, 5.41) is 3.80. The molecule has 0 amide bonds. The molecular weight excluding hydrogens is 315 g/mol. The van der Waals surface area contributed by atoms with Crippen LogP contribution in [0, 0.1) is 19.7 Å². The van der Waals surface area contributed by atoms with Gasteiger partial charge < -0.3 is 13.7 Å². The minimum absolute atomic E-state index is 0.125. The molecule has 0 radical (unpaired) electrons. The van der Waals surface area contributed by atoms with Crippen molar-refractivity contribution in [2.24, 2.45) is 0 Å². The summed E-state index contributed by atoms with van der Waals surface area (Å²) in [4.78, 5) is 16.2. The number of rotatable bonds is 4. The van der Waals surface area contributed by atoms with Gasteiger partial charge in [0.2, 0.25) is 5.82 Å². The van der Waals surface area contributed by atoms with Gasteiger partial charge in [0.15, 0.2) is 6.10 Å². The third-order valence-electron chi connectivity index (χ3n) is 3.58. The van der Waals surface area contributed by atoms with Gasteiger partial charge in [-0.2, -0.15) is 4.98 Å². The van der Waals surface area contributed by atoms with E-state index in [4.69, 9.17) is 13.7 Å². The van der Waals surface area contributed by atoms with Crippen LogP contribution in [-0.4, -0.2) is 16.1 Å². The van der Waals surface area contributed by atoms with Crippen molar-refractivity contribution in [2.75, 3.05) is 0 Å². The highest BCUT2D eigenvalue weighted by Gasteiger charge is 2.22. The van der Waals surface area contributed by atoms with Gasteiger partial charge in [-0.1, -0.05) is 17.3 Å². The van der Waals surface area contributed by atoms with Crippen molar-refractivity contribution < 1.29 is 22.9 Å². The lowest BCUT2D eigenvalue weighted by molar-refractivity contribution is 0.0263. The molecule has 0 aliphatic heterocycles. The third kappa shape index (κ3) is 3.05. The largest absolute Gasteiger partial charge is 0.469 e. The minimum Gasteiger partial charge on any atom is -0.469 e. The van der Waals surface area contributed by atoms with Crippen molar-refractivity contribution >= 4 is 5.97 Å². The van der Waals surface area contributed by atoms with E-state index in [9.17, 15) is 9.18 Å². The second-order valence-corrected chi connectivity index (χ2v) is 5.36. The maximum Gasteiger partial charge on any atom is 0.342 e. The Balaban J connectivity index is 1.76. The predicted octanol–water partition coefficient (Wildman–Crippen LogP) is 4.00. The van der Waals surface area contributed by atoms with Gasteiger partial charge in [-0.05, 0) is 38.5 Å². The highest BCUT2D eigenvalue weighted by molar-refractivity contribution is 5.90. The van der Waals surface area contributed by atoms with Gasteiger partial charge in [0, 0.05) is 5.56 Å². The highest BCUT2D eigenvalue weighted by atomic mass is 19.1. The smallest absolute Gasteiger partial charge is 0.342 e. The maximum absolute atomic E-state index is 13.6. The first kappa shape index (κ1) is 15.9. The number of esters is 1. The molecule has 0 fully saturated rings. The Morgan fingerprint density at radius 3 is 2.75 bits per heavy atom. The van der Waals surface area contributed by atoms with Crippen LogP contribution in [0.5, 0.6) is 0 Å². The van der Waals surface area contributed by atoms with E-state index >= 15 is 0 Å². The lowest BCUT2D eigenvalue weighted by Gasteiger charge is -2.08. The molecule has 0 aliphatic rings. The summed E-state index contributed by atoms with van der Waals surface area (Å²) in [7, 11) is 0. The summed E-state index contributed by atoms with van der Waals surface area (Å²) in [6.45, 7) is 4.94. The molecular formula is C17H15FN2O4.